The van der Waals surface area contributed by atoms with E-state index >= 15 is 0 Å². The molecule has 1 N–H and O–H groups in total. The summed E-state index contributed by atoms with van der Waals surface area (Å²) in [5.74, 6) is -0.130. The minimum absolute atomic E-state index is 0.130. The number of hydrogen-bond donors (Lipinski definition) is 1. The molecule has 1 aromatic heterocycles. The Labute approximate surface area is 138 Å². The molecular weight excluding hydrogens is 300 g/mol. The van der Waals surface area contributed by atoms with Gasteiger partial charge in [0.2, 0.25) is 0 Å². The number of nitrogens with one attached hydrogen (secondary N) is 1. The van der Waals surface area contributed by atoms with Gasteiger partial charge in [-0.15, -0.1) is 0 Å². The molecule has 5 nitrogen and oxygen atoms in total. The summed E-state index contributed by atoms with van der Waals surface area (Å²) in [4.78, 5) is 16.3. The van der Waals surface area contributed by atoms with Crippen molar-refractivity contribution in [3.8, 4) is 5.69 Å². The lowest BCUT2D eigenvalue weighted by Crippen LogP contribution is -2.11. The molecular formula is C19H14N4O. The predicted octanol–water partition coefficient (Wildman–Crippen LogP) is 3.67. The molecule has 3 aromatic carbocycles. The van der Waals surface area contributed by atoms with E-state index in [-0.39, 0.29) is 5.91 Å². The summed E-state index contributed by atoms with van der Waals surface area (Å²) in [6, 6.07) is 21.1. The fourth-order valence-corrected chi connectivity index (χ4v) is 2.57. The lowest BCUT2D eigenvalue weighted by atomic mass is 10.1. The third-order valence-electron chi connectivity index (χ3n) is 3.82. The third-order valence-corrected chi connectivity index (χ3v) is 3.82. The number of carbonyl (C=O) groups excluding carboxylic acids is 1. The summed E-state index contributed by atoms with van der Waals surface area (Å²) in [5, 5.41) is 9.15. The van der Waals surface area contributed by atoms with Crippen molar-refractivity contribution in [2.45, 2.75) is 0 Å². The number of rotatable bonds is 3. The Morgan fingerprint density at radius 1 is 0.917 bits per heavy atom. The fourth-order valence-electron chi connectivity index (χ4n) is 2.57. The van der Waals surface area contributed by atoms with Gasteiger partial charge in [-0.05, 0) is 47.2 Å². The summed E-state index contributed by atoms with van der Waals surface area (Å²) in [5.41, 5.74) is 2.25. The van der Waals surface area contributed by atoms with Crippen molar-refractivity contribution < 1.29 is 4.79 Å². The smallest absolute Gasteiger partial charge is 0.255 e. The summed E-state index contributed by atoms with van der Waals surface area (Å²) in [6.45, 7) is 0. The highest BCUT2D eigenvalue weighted by Gasteiger charge is 2.07. The Hall–Kier alpha value is -3.47. The largest absolute Gasteiger partial charge is 0.322 e. The highest BCUT2D eigenvalue weighted by molar-refractivity contribution is 6.06. The van der Waals surface area contributed by atoms with E-state index in [1.165, 1.54) is 6.33 Å². The number of nitrogens with zero attached hydrogens (tertiary/aromatic N) is 3. The third kappa shape index (κ3) is 2.75. The topological polar surface area (TPSA) is 59.8 Å². The molecule has 116 valence electrons. The normalized spacial score (nSPS) is 10.7. The molecule has 0 unspecified atom stereocenters. The number of aromatic nitrogens is 3. The number of hydrogen-bond acceptors (Lipinski definition) is 3. The van der Waals surface area contributed by atoms with Gasteiger partial charge < -0.3 is 5.32 Å². The Morgan fingerprint density at radius 3 is 2.46 bits per heavy atom. The molecule has 0 fully saturated rings. The number of amides is 1. The van der Waals surface area contributed by atoms with E-state index in [1.54, 1.807) is 11.0 Å². The van der Waals surface area contributed by atoms with Crippen molar-refractivity contribution in [1.29, 1.82) is 0 Å². The second-order valence-corrected chi connectivity index (χ2v) is 5.40. The molecule has 0 atom stereocenters. The molecule has 0 saturated heterocycles. The maximum Gasteiger partial charge on any atom is 0.255 e. The average molecular weight is 314 g/mol. The van der Waals surface area contributed by atoms with Crippen LogP contribution in [0.25, 0.3) is 16.5 Å². The van der Waals surface area contributed by atoms with Crippen molar-refractivity contribution in [2.75, 3.05) is 5.32 Å². The molecule has 0 aliphatic carbocycles. The van der Waals surface area contributed by atoms with Gasteiger partial charge in [0.05, 0.1) is 5.69 Å². The summed E-state index contributed by atoms with van der Waals surface area (Å²) >= 11 is 0. The number of fused-ring (bicyclic) bond motifs is 1. The van der Waals surface area contributed by atoms with Crippen LogP contribution < -0.4 is 5.32 Å². The Kier molecular flexibility index (Phi) is 3.51. The van der Waals surface area contributed by atoms with E-state index in [1.807, 2.05) is 66.7 Å². The SMILES string of the molecule is O=C(Nc1ccc(-n2cncn2)cc1)c1ccc2ccccc2c1. The van der Waals surface area contributed by atoms with Gasteiger partial charge in [-0.3, -0.25) is 4.79 Å². The summed E-state index contributed by atoms with van der Waals surface area (Å²) in [7, 11) is 0. The van der Waals surface area contributed by atoms with E-state index in [0.29, 0.717) is 5.56 Å². The summed E-state index contributed by atoms with van der Waals surface area (Å²) in [6.07, 6.45) is 3.11. The first-order valence-electron chi connectivity index (χ1n) is 7.55. The van der Waals surface area contributed by atoms with Crippen molar-refractivity contribution in [3.05, 3.63) is 84.9 Å². The zero-order valence-electron chi connectivity index (χ0n) is 12.8. The highest BCUT2D eigenvalue weighted by Crippen LogP contribution is 2.18. The Balaban J connectivity index is 1.54. The van der Waals surface area contributed by atoms with Gasteiger partial charge >= 0.3 is 0 Å². The molecule has 0 bridgehead atoms. The minimum Gasteiger partial charge on any atom is -0.322 e. The first-order valence-corrected chi connectivity index (χ1v) is 7.55. The molecule has 4 aromatic rings. The first kappa shape index (κ1) is 14.1. The van der Waals surface area contributed by atoms with E-state index in [0.717, 1.165) is 22.1 Å². The highest BCUT2D eigenvalue weighted by atomic mass is 16.1. The molecule has 0 saturated carbocycles. The van der Waals surface area contributed by atoms with Crippen LogP contribution in [-0.2, 0) is 0 Å². The maximum atomic E-state index is 12.4. The lowest BCUT2D eigenvalue weighted by Gasteiger charge is -2.07. The molecule has 1 amide bonds. The Morgan fingerprint density at radius 2 is 1.71 bits per heavy atom. The number of carbonyl (C=O) groups is 1. The molecule has 1 heterocycles. The molecule has 0 radical (unpaired) electrons. The van der Waals surface area contributed by atoms with Crippen LogP contribution >= 0.6 is 0 Å². The second-order valence-electron chi connectivity index (χ2n) is 5.40. The zero-order valence-corrected chi connectivity index (χ0v) is 12.8. The van der Waals surface area contributed by atoms with Gasteiger partial charge in [0.25, 0.3) is 5.91 Å². The Bertz CT molecular complexity index is 992. The maximum absolute atomic E-state index is 12.4. The molecule has 24 heavy (non-hydrogen) atoms. The van der Waals surface area contributed by atoms with Crippen LogP contribution in [0.1, 0.15) is 10.4 Å². The fraction of sp³-hybridized carbons (Fsp3) is 0. The first-order chi connectivity index (χ1) is 11.8. The van der Waals surface area contributed by atoms with Crippen LogP contribution in [0.2, 0.25) is 0 Å². The van der Waals surface area contributed by atoms with Crippen molar-refractivity contribution in [2.24, 2.45) is 0 Å². The average Bonchev–Trinajstić information content (AvgIpc) is 3.16. The van der Waals surface area contributed by atoms with Crippen molar-refractivity contribution in [3.63, 3.8) is 0 Å². The monoisotopic (exact) mass is 314 g/mol. The van der Waals surface area contributed by atoms with Crippen LogP contribution in [0.3, 0.4) is 0 Å². The molecule has 0 aliphatic rings. The number of anilines is 1. The van der Waals surface area contributed by atoms with E-state index in [4.69, 9.17) is 0 Å². The quantitative estimate of drug-likeness (QED) is 0.627. The van der Waals surface area contributed by atoms with Gasteiger partial charge in [-0.2, -0.15) is 5.10 Å². The van der Waals surface area contributed by atoms with Crippen LogP contribution in [0, 0.1) is 0 Å². The molecule has 4 rings (SSSR count). The van der Waals surface area contributed by atoms with E-state index in [2.05, 4.69) is 15.4 Å². The zero-order chi connectivity index (χ0) is 16.4. The molecule has 0 spiro atoms. The van der Waals surface area contributed by atoms with Gasteiger partial charge in [0.15, 0.2) is 0 Å². The van der Waals surface area contributed by atoms with E-state index in [9.17, 15) is 4.79 Å². The van der Waals surface area contributed by atoms with Crippen LogP contribution in [0.15, 0.2) is 79.4 Å². The van der Waals surface area contributed by atoms with Gasteiger partial charge in [0, 0.05) is 11.3 Å². The summed E-state index contributed by atoms with van der Waals surface area (Å²) < 4.78 is 1.66. The predicted molar refractivity (Wildman–Crippen MR) is 93.3 cm³/mol. The van der Waals surface area contributed by atoms with Gasteiger partial charge in [-0.1, -0.05) is 30.3 Å². The second kappa shape index (κ2) is 5.96. The molecule has 5 heteroatoms. The van der Waals surface area contributed by atoms with Crippen molar-refractivity contribution >= 4 is 22.4 Å². The van der Waals surface area contributed by atoms with Gasteiger partial charge in [-0.25, -0.2) is 9.67 Å². The van der Waals surface area contributed by atoms with Crippen molar-refractivity contribution in [1.82, 2.24) is 14.8 Å². The van der Waals surface area contributed by atoms with Crippen LogP contribution in [0.5, 0.6) is 0 Å². The van der Waals surface area contributed by atoms with E-state index < -0.39 is 0 Å². The van der Waals surface area contributed by atoms with Gasteiger partial charge in [0.1, 0.15) is 12.7 Å². The lowest BCUT2D eigenvalue weighted by molar-refractivity contribution is 0.102. The van der Waals surface area contributed by atoms with Crippen LogP contribution in [-0.4, -0.2) is 20.7 Å². The molecule has 0 aliphatic heterocycles. The standard InChI is InChI=1S/C19H14N4O/c24-19(16-6-5-14-3-1-2-4-15(14)11-16)22-17-7-9-18(10-8-17)23-13-20-12-21-23/h1-13H,(H,22,24). The van der Waals surface area contributed by atoms with Crippen LogP contribution in [0.4, 0.5) is 5.69 Å². The number of benzene rings is 3. The minimum atomic E-state index is -0.130.